The number of nitrogens with two attached hydrogens (primary N) is 1. The van der Waals surface area contributed by atoms with E-state index in [1.807, 2.05) is 54.6 Å². The predicted molar refractivity (Wildman–Crippen MR) is 107 cm³/mol. The summed E-state index contributed by atoms with van der Waals surface area (Å²) in [5.74, 6) is 0.768. The second kappa shape index (κ2) is 6.73. The van der Waals surface area contributed by atoms with Gasteiger partial charge in [0.15, 0.2) is 5.65 Å². The van der Waals surface area contributed by atoms with Gasteiger partial charge in [-0.2, -0.15) is 9.61 Å². The molecule has 0 bridgehead atoms. The summed E-state index contributed by atoms with van der Waals surface area (Å²) < 4.78 is 1.68. The molecule has 2 aromatic carbocycles. The normalized spacial score (nSPS) is 11.0. The van der Waals surface area contributed by atoms with Crippen LogP contribution in [-0.2, 0) is 6.54 Å². The molecule has 2 radical (unpaired) electrons. The van der Waals surface area contributed by atoms with Crippen LogP contribution >= 0.6 is 11.6 Å². The van der Waals surface area contributed by atoms with Crippen molar-refractivity contribution in [2.24, 2.45) is 0 Å². The zero-order valence-electron chi connectivity index (χ0n) is 13.9. The number of nitrogen functional groups attached to an aromatic ring is 1. The molecular weight excluding hydrogens is 345 g/mol. The number of aromatic nitrogens is 3. The molecule has 0 spiro atoms. The van der Waals surface area contributed by atoms with Gasteiger partial charge in [0.05, 0.1) is 5.69 Å². The van der Waals surface area contributed by atoms with Gasteiger partial charge in [-0.3, -0.25) is 0 Å². The summed E-state index contributed by atoms with van der Waals surface area (Å²) in [7, 11) is 6.03. The van der Waals surface area contributed by atoms with Gasteiger partial charge in [0.25, 0.3) is 0 Å². The Morgan fingerprint density at radius 2 is 1.96 bits per heavy atom. The molecule has 0 saturated heterocycles. The standard InChI is InChI=1S/C19H15BClN5/c20-15-11-24-26-18(23-10-12-4-3-5-13(22)8-12)9-17(25-19(15)26)14-6-1-2-7-16(14)21/h1-9,11,23H,10,22H2. The van der Waals surface area contributed by atoms with Crippen LogP contribution in [0.1, 0.15) is 5.56 Å². The molecule has 0 aliphatic heterocycles. The predicted octanol–water partition coefficient (Wildman–Crippen LogP) is 3.04. The Bertz CT molecular complexity index is 1090. The minimum atomic E-state index is 0.505. The van der Waals surface area contributed by atoms with Crippen molar-refractivity contribution in [3.05, 3.63) is 71.4 Å². The first-order chi connectivity index (χ1) is 12.6. The van der Waals surface area contributed by atoms with E-state index >= 15 is 0 Å². The van der Waals surface area contributed by atoms with Crippen LogP contribution in [0.25, 0.3) is 16.9 Å². The highest BCUT2D eigenvalue weighted by atomic mass is 35.5. The van der Waals surface area contributed by atoms with E-state index in [9.17, 15) is 0 Å². The molecule has 26 heavy (non-hydrogen) atoms. The average Bonchev–Trinajstić information content (AvgIpc) is 3.01. The van der Waals surface area contributed by atoms with Crippen LogP contribution in [0, 0.1) is 0 Å². The summed E-state index contributed by atoms with van der Waals surface area (Å²) in [4.78, 5) is 4.63. The van der Waals surface area contributed by atoms with Gasteiger partial charge < -0.3 is 11.1 Å². The van der Waals surface area contributed by atoms with Crippen molar-refractivity contribution >= 4 is 42.1 Å². The van der Waals surface area contributed by atoms with E-state index in [0.717, 1.165) is 28.3 Å². The number of halogens is 1. The van der Waals surface area contributed by atoms with Gasteiger partial charge in [-0.1, -0.05) is 41.9 Å². The number of hydrogen-bond acceptors (Lipinski definition) is 4. The van der Waals surface area contributed by atoms with E-state index in [4.69, 9.17) is 25.2 Å². The van der Waals surface area contributed by atoms with Gasteiger partial charge >= 0.3 is 0 Å². The molecule has 126 valence electrons. The van der Waals surface area contributed by atoms with Crippen molar-refractivity contribution in [1.82, 2.24) is 14.6 Å². The van der Waals surface area contributed by atoms with E-state index in [2.05, 4.69) is 15.4 Å². The molecule has 2 aromatic heterocycles. The third-order valence-electron chi connectivity index (χ3n) is 4.07. The van der Waals surface area contributed by atoms with Gasteiger partial charge in [0.1, 0.15) is 13.7 Å². The Balaban J connectivity index is 1.77. The maximum absolute atomic E-state index is 6.34. The maximum atomic E-state index is 6.34. The topological polar surface area (TPSA) is 68.2 Å². The van der Waals surface area contributed by atoms with Crippen LogP contribution in [-0.4, -0.2) is 22.4 Å². The lowest BCUT2D eigenvalue weighted by Crippen LogP contribution is -2.09. The van der Waals surface area contributed by atoms with Gasteiger partial charge in [-0.05, 0) is 29.2 Å². The van der Waals surface area contributed by atoms with E-state index in [0.29, 0.717) is 22.7 Å². The number of fused-ring (bicyclic) bond motifs is 1. The highest BCUT2D eigenvalue weighted by Gasteiger charge is 2.12. The van der Waals surface area contributed by atoms with Gasteiger partial charge in [-0.15, -0.1) is 0 Å². The van der Waals surface area contributed by atoms with Crippen LogP contribution in [0.4, 0.5) is 11.5 Å². The highest BCUT2D eigenvalue weighted by molar-refractivity contribution is 6.36. The molecule has 2 heterocycles. The zero-order valence-corrected chi connectivity index (χ0v) is 14.6. The number of rotatable bonds is 4. The third-order valence-corrected chi connectivity index (χ3v) is 4.40. The number of anilines is 2. The number of nitrogens with zero attached hydrogens (tertiary/aromatic N) is 3. The molecule has 0 saturated carbocycles. The third kappa shape index (κ3) is 3.11. The molecule has 4 aromatic rings. The first-order valence-electron chi connectivity index (χ1n) is 8.09. The molecule has 0 aliphatic rings. The Hall–Kier alpha value is -2.99. The number of hydrogen-bond donors (Lipinski definition) is 2. The minimum Gasteiger partial charge on any atom is -0.399 e. The number of benzene rings is 2. The first-order valence-corrected chi connectivity index (χ1v) is 8.47. The highest BCUT2D eigenvalue weighted by Crippen LogP contribution is 2.28. The first kappa shape index (κ1) is 16.5. The molecule has 4 rings (SSSR count). The fourth-order valence-electron chi connectivity index (χ4n) is 2.81. The van der Waals surface area contributed by atoms with Gasteiger partial charge in [0, 0.05) is 35.1 Å². The lowest BCUT2D eigenvalue weighted by atomic mass is 10.0. The molecule has 3 N–H and O–H groups in total. The molecule has 0 atom stereocenters. The van der Waals surface area contributed by atoms with E-state index in [1.54, 1.807) is 10.7 Å². The molecule has 0 fully saturated rings. The smallest absolute Gasteiger partial charge is 0.150 e. The summed E-state index contributed by atoms with van der Waals surface area (Å²) in [6, 6.07) is 17.2. The molecule has 0 aliphatic carbocycles. The summed E-state index contributed by atoms with van der Waals surface area (Å²) in [6.45, 7) is 0.589. The molecule has 7 heteroatoms. The average molecular weight is 360 g/mol. The molecule has 0 amide bonds. The molecular formula is C19H15BClN5. The Labute approximate surface area is 157 Å². The summed E-state index contributed by atoms with van der Waals surface area (Å²) in [6.07, 6.45) is 1.59. The summed E-state index contributed by atoms with van der Waals surface area (Å²) >= 11 is 6.34. The van der Waals surface area contributed by atoms with Crippen LogP contribution < -0.4 is 16.5 Å². The second-order valence-corrected chi connectivity index (χ2v) is 6.35. The van der Waals surface area contributed by atoms with E-state index in [-0.39, 0.29) is 0 Å². The van der Waals surface area contributed by atoms with E-state index < -0.39 is 0 Å². The summed E-state index contributed by atoms with van der Waals surface area (Å²) in [5.41, 5.74) is 10.3. The summed E-state index contributed by atoms with van der Waals surface area (Å²) in [5, 5.41) is 8.32. The van der Waals surface area contributed by atoms with Gasteiger partial charge in [0.2, 0.25) is 0 Å². The SMILES string of the molecule is [B]c1cnn2c(NCc3cccc(N)c3)cc(-c3ccccc3Cl)nc12. The number of nitrogens with one attached hydrogen (secondary N) is 1. The van der Waals surface area contributed by atoms with Crippen molar-refractivity contribution in [3.8, 4) is 11.3 Å². The van der Waals surface area contributed by atoms with E-state index in [1.165, 1.54) is 0 Å². The molecule has 5 nitrogen and oxygen atoms in total. The van der Waals surface area contributed by atoms with Crippen molar-refractivity contribution in [2.45, 2.75) is 6.54 Å². The lowest BCUT2D eigenvalue weighted by Gasteiger charge is -2.12. The van der Waals surface area contributed by atoms with Crippen molar-refractivity contribution in [2.75, 3.05) is 11.1 Å². The molecule has 0 unspecified atom stereocenters. The van der Waals surface area contributed by atoms with Crippen LogP contribution in [0.15, 0.2) is 60.8 Å². The minimum absolute atomic E-state index is 0.505. The van der Waals surface area contributed by atoms with Crippen LogP contribution in [0.5, 0.6) is 0 Å². The fourth-order valence-corrected chi connectivity index (χ4v) is 3.04. The zero-order chi connectivity index (χ0) is 18.1. The Morgan fingerprint density at radius 3 is 2.77 bits per heavy atom. The van der Waals surface area contributed by atoms with Gasteiger partial charge in [-0.25, -0.2) is 4.98 Å². The lowest BCUT2D eigenvalue weighted by molar-refractivity contribution is 0.927. The van der Waals surface area contributed by atoms with Crippen molar-refractivity contribution in [1.29, 1.82) is 0 Å². The van der Waals surface area contributed by atoms with Crippen LogP contribution in [0.2, 0.25) is 5.02 Å². The Kier molecular flexibility index (Phi) is 4.26. The maximum Gasteiger partial charge on any atom is 0.150 e. The second-order valence-electron chi connectivity index (χ2n) is 5.94. The van der Waals surface area contributed by atoms with Crippen LogP contribution in [0.3, 0.4) is 0 Å². The van der Waals surface area contributed by atoms with Crippen molar-refractivity contribution < 1.29 is 0 Å². The monoisotopic (exact) mass is 359 g/mol. The fraction of sp³-hybridized carbons (Fsp3) is 0.0526. The largest absolute Gasteiger partial charge is 0.399 e. The quantitative estimate of drug-likeness (QED) is 0.434. The van der Waals surface area contributed by atoms with Crippen molar-refractivity contribution in [3.63, 3.8) is 0 Å². The Morgan fingerprint density at radius 1 is 1.12 bits per heavy atom.